The summed E-state index contributed by atoms with van der Waals surface area (Å²) >= 11 is 7.04. The number of non-ortho nitro benzene ring substituents is 1. The zero-order valence-corrected chi connectivity index (χ0v) is 21.7. The molecule has 1 heterocycles. The Kier molecular flexibility index (Phi) is 7.27. The maximum absolute atomic E-state index is 12.9. The van der Waals surface area contributed by atoms with Gasteiger partial charge in [0.1, 0.15) is 23.7 Å². The first-order valence-corrected chi connectivity index (χ1v) is 12.2. The van der Waals surface area contributed by atoms with Gasteiger partial charge in [-0.15, -0.1) is 0 Å². The molecule has 0 fully saturated rings. The SMILES string of the molecule is COC(=O)C1=C(N)OC2=C(C(=O)CCC2)[C@H]1c1cc(Br)c(OCc2ccc([N+](=O)[O-])cc2)c(Br)c1. The maximum atomic E-state index is 12.9. The summed E-state index contributed by atoms with van der Waals surface area (Å²) in [5.41, 5.74) is 7.95. The van der Waals surface area contributed by atoms with Crippen molar-refractivity contribution in [1.82, 2.24) is 0 Å². The number of esters is 1. The predicted molar refractivity (Wildman–Crippen MR) is 132 cm³/mol. The van der Waals surface area contributed by atoms with Crippen LogP contribution in [0.2, 0.25) is 0 Å². The molecule has 35 heavy (non-hydrogen) atoms. The lowest BCUT2D eigenvalue weighted by Crippen LogP contribution is -2.31. The molecule has 2 N–H and O–H groups in total. The number of carbonyl (C=O) groups is 2. The number of carbonyl (C=O) groups excluding carboxylic acids is 2. The van der Waals surface area contributed by atoms with Gasteiger partial charge in [0.05, 0.1) is 26.9 Å². The number of nitrogens with zero attached hydrogens (tertiary/aromatic N) is 1. The normalized spacial score (nSPS) is 17.6. The number of allylic oxidation sites excluding steroid dienone is 2. The van der Waals surface area contributed by atoms with E-state index in [1.54, 1.807) is 24.3 Å². The lowest BCUT2D eigenvalue weighted by molar-refractivity contribution is -0.384. The molecule has 0 bridgehead atoms. The van der Waals surface area contributed by atoms with Crippen molar-refractivity contribution in [2.45, 2.75) is 31.8 Å². The van der Waals surface area contributed by atoms with E-state index >= 15 is 0 Å². The summed E-state index contributed by atoms with van der Waals surface area (Å²) in [5, 5.41) is 10.8. The van der Waals surface area contributed by atoms with Crippen LogP contribution in [0.25, 0.3) is 0 Å². The Balaban J connectivity index is 1.68. The molecule has 4 rings (SSSR count). The summed E-state index contributed by atoms with van der Waals surface area (Å²) in [7, 11) is 1.24. The van der Waals surface area contributed by atoms with Crippen molar-refractivity contribution in [3.8, 4) is 5.75 Å². The minimum Gasteiger partial charge on any atom is -0.487 e. The Morgan fingerprint density at radius 1 is 1.20 bits per heavy atom. The molecule has 1 atom stereocenters. The second kappa shape index (κ2) is 10.2. The van der Waals surface area contributed by atoms with E-state index in [-0.39, 0.29) is 29.5 Å². The Morgan fingerprint density at radius 2 is 1.86 bits per heavy atom. The fourth-order valence-electron chi connectivity index (χ4n) is 4.15. The third-order valence-electron chi connectivity index (χ3n) is 5.77. The number of nitrogens with two attached hydrogens (primary N) is 1. The van der Waals surface area contributed by atoms with Gasteiger partial charge in [0.15, 0.2) is 5.78 Å². The van der Waals surface area contributed by atoms with Crippen LogP contribution in [-0.4, -0.2) is 23.8 Å². The largest absolute Gasteiger partial charge is 0.487 e. The van der Waals surface area contributed by atoms with E-state index in [2.05, 4.69) is 31.9 Å². The molecule has 2 aromatic carbocycles. The van der Waals surface area contributed by atoms with Crippen LogP contribution in [0.1, 0.15) is 36.3 Å². The van der Waals surface area contributed by atoms with Gasteiger partial charge in [-0.2, -0.15) is 0 Å². The van der Waals surface area contributed by atoms with Gasteiger partial charge in [-0.3, -0.25) is 14.9 Å². The summed E-state index contributed by atoms with van der Waals surface area (Å²) in [6.45, 7) is 0.167. The molecule has 0 spiro atoms. The number of methoxy groups -OCH3 is 1. The Hall–Kier alpha value is -3.18. The molecular formula is C24H20Br2N2O7. The first-order valence-electron chi connectivity index (χ1n) is 10.6. The number of nitro groups is 1. The van der Waals surface area contributed by atoms with Crippen molar-refractivity contribution in [3.63, 3.8) is 0 Å². The number of ether oxygens (including phenoxy) is 3. The van der Waals surface area contributed by atoms with Crippen molar-refractivity contribution in [1.29, 1.82) is 0 Å². The van der Waals surface area contributed by atoms with Crippen LogP contribution in [0, 0.1) is 10.1 Å². The Bertz CT molecular complexity index is 1260. The van der Waals surface area contributed by atoms with Crippen LogP contribution in [0.15, 0.2) is 68.1 Å². The highest BCUT2D eigenvalue weighted by Gasteiger charge is 2.41. The molecule has 2 aromatic rings. The molecular weight excluding hydrogens is 588 g/mol. The summed E-state index contributed by atoms with van der Waals surface area (Å²) in [5.74, 6) is -0.655. The van der Waals surface area contributed by atoms with Gasteiger partial charge >= 0.3 is 5.97 Å². The fourth-order valence-corrected chi connectivity index (χ4v) is 5.60. The highest BCUT2D eigenvalue weighted by molar-refractivity contribution is 9.11. The molecule has 0 saturated carbocycles. The number of ketones is 1. The summed E-state index contributed by atoms with van der Waals surface area (Å²) in [6.07, 6.45) is 1.55. The quantitative estimate of drug-likeness (QED) is 0.270. The van der Waals surface area contributed by atoms with Crippen molar-refractivity contribution in [2.75, 3.05) is 7.11 Å². The van der Waals surface area contributed by atoms with E-state index in [9.17, 15) is 19.7 Å². The number of halogens is 2. The van der Waals surface area contributed by atoms with E-state index in [0.717, 1.165) is 5.56 Å². The number of hydrogen-bond acceptors (Lipinski definition) is 8. The molecule has 0 aromatic heterocycles. The van der Waals surface area contributed by atoms with Gasteiger partial charge in [-0.05, 0) is 73.7 Å². The molecule has 1 aliphatic heterocycles. The zero-order valence-electron chi connectivity index (χ0n) is 18.5. The smallest absolute Gasteiger partial charge is 0.340 e. The average Bonchev–Trinajstić information content (AvgIpc) is 2.82. The molecule has 9 nitrogen and oxygen atoms in total. The number of Topliss-reactive ketones (excluding diaryl/α,β-unsaturated/α-hetero) is 1. The first kappa shape index (κ1) is 24.9. The average molecular weight is 608 g/mol. The molecule has 11 heteroatoms. The van der Waals surface area contributed by atoms with Crippen LogP contribution in [-0.2, 0) is 25.7 Å². The molecule has 1 aliphatic carbocycles. The lowest BCUT2D eigenvalue weighted by Gasteiger charge is -2.32. The van der Waals surface area contributed by atoms with Crippen LogP contribution >= 0.6 is 31.9 Å². The second-order valence-corrected chi connectivity index (χ2v) is 9.65. The number of hydrogen-bond donors (Lipinski definition) is 1. The number of nitro benzene ring substituents is 1. The van der Waals surface area contributed by atoms with Gasteiger partial charge in [0, 0.05) is 30.5 Å². The standard InChI is InChI=1S/C24H20Br2N2O7/c1-33-24(30)21-19(20-17(29)3-2-4-18(20)35-23(21)27)13-9-15(25)22(16(26)10-13)34-11-12-5-7-14(8-6-12)28(31)32/h5-10,19H,2-4,11,27H2,1H3/t19-/m1/s1. The summed E-state index contributed by atoms with van der Waals surface area (Å²) in [6, 6.07) is 9.58. The molecule has 0 unspecified atom stereocenters. The van der Waals surface area contributed by atoms with E-state index in [1.165, 1.54) is 19.2 Å². The summed E-state index contributed by atoms with van der Waals surface area (Å²) < 4.78 is 17.7. The topological polar surface area (TPSA) is 131 Å². The van der Waals surface area contributed by atoms with Crippen molar-refractivity contribution in [3.05, 3.63) is 89.4 Å². The van der Waals surface area contributed by atoms with E-state index < -0.39 is 16.8 Å². The third-order valence-corrected chi connectivity index (χ3v) is 6.95. The van der Waals surface area contributed by atoms with E-state index in [0.29, 0.717) is 50.9 Å². The molecule has 182 valence electrons. The molecule has 0 saturated heterocycles. The van der Waals surface area contributed by atoms with Crippen molar-refractivity contribution < 1.29 is 28.7 Å². The Labute approximate surface area is 217 Å². The van der Waals surface area contributed by atoms with E-state index in [4.69, 9.17) is 19.9 Å². The van der Waals surface area contributed by atoms with Crippen LogP contribution in [0.3, 0.4) is 0 Å². The van der Waals surface area contributed by atoms with Gasteiger partial charge in [0.25, 0.3) is 5.69 Å². The van der Waals surface area contributed by atoms with Crippen LogP contribution in [0.4, 0.5) is 5.69 Å². The minimum absolute atomic E-state index is 0.00315. The molecule has 0 radical (unpaired) electrons. The molecule has 0 amide bonds. The highest BCUT2D eigenvalue weighted by Crippen LogP contribution is 2.47. The monoisotopic (exact) mass is 606 g/mol. The van der Waals surface area contributed by atoms with Gasteiger partial charge < -0.3 is 19.9 Å². The van der Waals surface area contributed by atoms with Crippen LogP contribution in [0.5, 0.6) is 5.75 Å². The number of rotatable bonds is 6. The highest BCUT2D eigenvalue weighted by atomic mass is 79.9. The first-order chi connectivity index (χ1) is 16.7. The fraction of sp³-hybridized carbons (Fsp3) is 0.250. The lowest BCUT2D eigenvalue weighted by atomic mass is 9.77. The second-order valence-electron chi connectivity index (χ2n) is 7.94. The maximum Gasteiger partial charge on any atom is 0.340 e. The van der Waals surface area contributed by atoms with Crippen molar-refractivity contribution in [2.24, 2.45) is 5.73 Å². The van der Waals surface area contributed by atoms with Gasteiger partial charge in [-0.25, -0.2) is 4.79 Å². The van der Waals surface area contributed by atoms with E-state index in [1.807, 2.05) is 0 Å². The van der Waals surface area contributed by atoms with Crippen LogP contribution < -0.4 is 10.5 Å². The molecule has 2 aliphatic rings. The van der Waals surface area contributed by atoms with Gasteiger partial charge in [-0.1, -0.05) is 0 Å². The van der Waals surface area contributed by atoms with Crippen molar-refractivity contribution >= 4 is 49.3 Å². The third kappa shape index (κ3) is 4.96. The Morgan fingerprint density at radius 3 is 2.46 bits per heavy atom. The zero-order chi connectivity index (χ0) is 25.3. The number of benzene rings is 2. The summed E-state index contributed by atoms with van der Waals surface area (Å²) in [4.78, 5) is 35.9. The predicted octanol–water partition coefficient (Wildman–Crippen LogP) is 5.16. The minimum atomic E-state index is -0.754. The van der Waals surface area contributed by atoms with Gasteiger partial charge in [0.2, 0.25) is 5.88 Å².